The number of rotatable bonds is 27. The van der Waals surface area contributed by atoms with Gasteiger partial charge in [0.1, 0.15) is 23.7 Å². The third-order valence-electron chi connectivity index (χ3n) is 6.84. The molecule has 0 aliphatic rings. The van der Waals surface area contributed by atoms with Gasteiger partial charge in [-0.15, -0.1) is 0 Å². The summed E-state index contributed by atoms with van der Waals surface area (Å²) in [6, 6.07) is 7.02. The van der Waals surface area contributed by atoms with E-state index < -0.39 is 13.9 Å². The van der Waals surface area contributed by atoms with E-state index in [1.54, 1.807) is 18.2 Å². The van der Waals surface area contributed by atoms with Crippen molar-refractivity contribution in [2.75, 3.05) is 26.9 Å². The molecule has 9 heteroatoms. The quantitative estimate of drug-likeness (QED) is 0.0790. The molecular formula is C32H56NO7P. The Morgan fingerprint density at radius 3 is 1.85 bits per heavy atom. The lowest BCUT2D eigenvalue weighted by Gasteiger charge is -2.21. The van der Waals surface area contributed by atoms with Crippen LogP contribution in [0.3, 0.4) is 0 Å². The van der Waals surface area contributed by atoms with Crippen LogP contribution in [0.25, 0.3) is 0 Å². The molecule has 0 saturated carbocycles. The molecule has 0 heterocycles. The highest BCUT2D eigenvalue weighted by molar-refractivity contribution is 7.47. The summed E-state index contributed by atoms with van der Waals surface area (Å²) in [6.45, 7) is 6.59. The maximum Gasteiger partial charge on any atom is 0.472 e. The van der Waals surface area contributed by atoms with Crippen molar-refractivity contribution in [3.05, 3.63) is 23.8 Å². The monoisotopic (exact) mass is 597 g/mol. The summed E-state index contributed by atoms with van der Waals surface area (Å²) in [5, 5.41) is 9.34. The van der Waals surface area contributed by atoms with Crippen LogP contribution in [0.1, 0.15) is 129 Å². The fourth-order valence-electron chi connectivity index (χ4n) is 4.53. The van der Waals surface area contributed by atoms with Gasteiger partial charge < -0.3 is 19.1 Å². The zero-order chi connectivity index (χ0) is 30.2. The van der Waals surface area contributed by atoms with Gasteiger partial charge in [0.25, 0.3) is 0 Å². The maximum absolute atomic E-state index is 11.8. The number of ether oxygens (including phenoxy) is 3. The molecule has 0 spiro atoms. The van der Waals surface area contributed by atoms with Crippen LogP contribution in [0.15, 0.2) is 18.2 Å². The van der Waals surface area contributed by atoms with Crippen molar-refractivity contribution in [3.63, 3.8) is 0 Å². The molecule has 2 atom stereocenters. The minimum Gasteiger partial charge on any atom is -0.489 e. The van der Waals surface area contributed by atoms with Crippen LogP contribution >= 0.6 is 7.82 Å². The van der Waals surface area contributed by atoms with Gasteiger partial charge in [0.2, 0.25) is 0 Å². The summed E-state index contributed by atoms with van der Waals surface area (Å²) in [4.78, 5) is 9.64. The molecule has 41 heavy (non-hydrogen) atoms. The summed E-state index contributed by atoms with van der Waals surface area (Å²) in [5.41, 5.74) is 0.401. The van der Waals surface area contributed by atoms with Crippen molar-refractivity contribution >= 4 is 7.82 Å². The predicted octanol–water partition coefficient (Wildman–Crippen LogP) is 9.13. The number of hydrogen-bond acceptors (Lipinski definition) is 7. The third-order valence-corrected chi connectivity index (χ3v) is 7.78. The van der Waals surface area contributed by atoms with Crippen LogP contribution < -0.4 is 9.47 Å². The lowest BCUT2D eigenvalue weighted by atomic mass is 10.0. The normalized spacial score (nSPS) is 13.6. The lowest BCUT2D eigenvalue weighted by Crippen LogP contribution is -2.28. The van der Waals surface area contributed by atoms with Crippen LogP contribution in [-0.4, -0.2) is 44.0 Å². The fraction of sp³-hybridized carbons (Fsp3) is 0.781. The zero-order valence-corrected chi connectivity index (χ0v) is 27.0. The van der Waals surface area contributed by atoms with Gasteiger partial charge in [-0.2, -0.15) is 5.26 Å². The Bertz CT molecular complexity index is 874. The maximum atomic E-state index is 11.8. The standard InChI is InChI=1S/C32H56NO7P/c1-5-6-7-8-9-10-11-12-13-14-15-16-17-18-19-20-23-37-26-31(27-38-41(34,35)36-4)40-30-22-21-29(25-33)32(24-30)39-28(2)3/h21-22,24,28,31H,5-20,23,26-27H2,1-4H3,(H,34,35)/t31-/m1/s1. The smallest absolute Gasteiger partial charge is 0.472 e. The number of hydrogen-bond donors (Lipinski definition) is 1. The molecule has 8 nitrogen and oxygen atoms in total. The molecule has 1 rings (SSSR count). The molecular weight excluding hydrogens is 541 g/mol. The predicted molar refractivity (Wildman–Crippen MR) is 164 cm³/mol. The number of phosphoric ester groups is 1. The highest BCUT2D eigenvalue weighted by atomic mass is 31.2. The van der Waals surface area contributed by atoms with E-state index in [0.29, 0.717) is 23.7 Å². The van der Waals surface area contributed by atoms with Gasteiger partial charge in [-0.05, 0) is 32.4 Å². The van der Waals surface area contributed by atoms with Crippen molar-refractivity contribution < 1.29 is 32.7 Å². The minimum atomic E-state index is -4.15. The van der Waals surface area contributed by atoms with Crippen LogP contribution in [0.5, 0.6) is 11.5 Å². The largest absolute Gasteiger partial charge is 0.489 e. The number of nitriles is 1. The molecule has 0 bridgehead atoms. The van der Waals surface area contributed by atoms with Gasteiger partial charge in [-0.25, -0.2) is 4.57 Å². The number of benzene rings is 1. The Morgan fingerprint density at radius 2 is 1.37 bits per heavy atom. The van der Waals surface area contributed by atoms with Gasteiger partial charge in [0.05, 0.1) is 24.9 Å². The molecule has 0 aliphatic carbocycles. The van der Waals surface area contributed by atoms with Gasteiger partial charge in [0.15, 0.2) is 0 Å². The number of phosphoric acid groups is 1. The van der Waals surface area contributed by atoms with E-state index in [0.717, 1.165) is 20.0 Å². The van der Waals surface area contributed by atoms with E-state index in [4.69, 9.17) is 18.7 Å². The lowest BCUT2D eigenvalue weighted by molar-refractivity contribution is 0.0163. The molecule has 0 amide bonds. The molecule has 0 saturated heterocycles. The Hall–Kier alpha value is -1.62. The Morgan fingerprint density at radius 1 is 0.829 bits per heavy atom. The highest BCUT2D eigenvalue weighted by Crippen LogP contribution is 2.42. The van der Waals surface area contributed by atoms with Crippen LogP contribution in [0, 0.1) is 11.3 Å². The Labute approximate surface area is 249 Å². The molecule has 1 aromatic rings. The van der Waals surface area contributed by atoms with Crippen LogP contribution in [0.4, 0.5) is 0 Å². The van der Waals surface area contributed by atoms with Gasteiger partial charge in [-0.3, -0.25) is 9.05 Å². The first-order valence-corrected chi connectivity index (χ1v) is 17.3. The van der Waals surface area contributed by atoms with E-state index in [-0.39, 0.29) is 19.3 Å². The van der Waals surface area contributed by atoms with E-state index in [1.807, 2.05) is 13.8 Å². The molecule has 0 radical (unpaired) electrons. The molecule has 1 unspecified atom stereocenters. The Balaban J connectivity index is 2.26. The molecule has 1 N–H and O–H groups in total. The molecule has 0 aliphatic heterocycles. The molecule has 236 valence electrons. The zero-order valence-electron chi connectivity index (χ0n) is 26.1. The van der Waals surface area contributed by atoms with Crippen molar-refractivity contribution in [2.24, 2.45) is 0 Å². The number of unbranched alkanes of at least 4 members (excludes halogenated alkanes) is 15. The van der Waals surface area contributed by atoms with E-state index in [9.17, 15) is 14.7 Å². The summed E-state index contributed by atoms with van der Waals surface area (Å²) >= 11 is 0. The second-order valence-corrected chi connectivity index (χ2v) is 12.6. The summed E-state index contributed by atoms with van der Waals surface area (Å²) < 4.78 is 38.9. The first-order chi connectivity index (χ1) is 19.8. The first-order valence-electron chi connectivity index (χ1n) is 15.8. The third kappa shape index (κ3) is 20.0. The van der Waals surface area contributed by atoms with Crippen LogP contribution in [0.2, 0.25) is 0 Å². The Kier molecular flexibility index (Phi) is 21.8. The van der Waals surface area contributed by atoms with E-state index in [2.05, 4.69) is 17.5 Å². The first kappa shape index (κ1) is 37.4. The van der Waals surface area contributed by atoms with Crippen molar-refractivity contribution in [1.29, 1.82) is 5.26 Å². The second kappa shape index (κ2) is 23.9. The minimum absolute atomic E-state index is 0.110. The summed E-state index contributed by atoms with van der Waals surface area (Å²) in [5.74, 6) is 0.864. The summed E-state index contributed by atoms with van der Waals surface area (Å²) in [6.07, 6.45) is 20.3. The van der Waals surface area contributed by atoms with Gasteiger partial charge in [-0.1, -0.05) is 103 Å². The van der Waals surface area contributed by atoms with E-state index in [1.165, 1.54) is 89.9 Å². The molecule has 1 aromatic carbocycles. The fourth-order valence-corrected chi connectivity index (χ4v) is 4.99. The number of nitrogens with zero attached hydrogens (tertiary/aromatic N) is 1. The average Bonchev–Trinajstić information content (AvgIpc) is 2.95. The average molecular weight is 598 g/mol. The van der Waals surface area contributed by atoms with Gasteiger partial charge in [0, 0.05) is 19.8 Å². The SMILES string of the molecule is CCCCCCCCCCCCCCCCCCOC[C@H](COP(=O)(O)OC)Oc1ccc(C#N)c(OC(C)C)c1. The highest BCUT2D eigenvalue weighted by Gasteiger charge is 2.23. The van der Waals surface area contributed by atoms with Crippen LogP contribution in [-0.2, 0) is 18.3 Å². The van der Waals surface area contributed by atoms with Crippen molar-refractivity contribution in [3.8, 4) is 17.6 Å². The summed E-state index contributed by atoms with van der Waals surface area (Å²) in [7, 11) is -3.04. The molecule has 0 fully saturated rings. The van der Waals surface area contributed by atoms with Crippen molar-refractivity contribution in [2.45, 2.75) is 136 Å². The van der Waals surface area contributed by atoms with Gasteiger partial charge >= 0.3 is 7.82 Å². The molecule has 0 aromatic heterocycles. The second-order valence-electron chi connectivity index (χ2n) is 11.0. The topological polar surface area (TPSA) is 107 Å². The van der Waals surface area contributed by atoms with E-state index >= 15 is 0 Å². The van der Waals surface area contributed by atoms with Crippen molar-refractivity contribution in [1.82, 2.24) is 0 Å².